The number of amides is 2. The average molecular weight is 585 g/mol. The minimum absolute atomic E-state index is 0.0376. The van der Waals surface area contributed by atoms with Gasteiger partial charge in [0.05, 0.1) is 10.0 Å². The third-order valence-electron chi connectivity index (χ3n) is 5.59. The molecule has 4 rings (SSSR count). The number of carboxylic acids is 1. The third-order valence-corrected chi connectivity index (χ3v) is 8.03. The van der Waals surface area contributed by atoms with E-state index >= 15 is 0 Å². The van der Waals surface area contributed by atoms with Crippen molar-refractivity contribution in [3.63, 3.8) is 0 Å². The lowest BCUT2D eigenvalue weighted by Crippen LogP contribution is -2.42. The van der Waals surface area contributed by atoms with Crippen LogP contribution in [-0.4, -0.2) is 36.6 Å². The van der Waals surface area contributed by atoms with Crippen LogP contribution in [0.1, 0.15) is 5.56 Å². The number of benzene rings is 3. The van der Waals surface area contributed by atoms with Crippen molar-refractivity contribution in [1.29, 1.82) is 0 Å². The number of carbonyl (C=O) groups excluding carboxylic acids is 1. The lowest BCUT2D eigenvalue weighted by Gasteiger charge is -2.16. The number of pyridine rings is 1. The number of hydrogen-bond acceptors (Lipinski definition) is 5. The predicted octanol–water partition coefficient (Wildman–Crippen LogP) is 5.67. The number of sulfonamides is 1. The lowest BCUT2D eigenvalue weighted by molar-refractivity contribution is -0.138. The van der Waals surface area contributed by atoms with Gasteiger partial charge in [-0.05, 0) is 59.5 Å². The molecule has 0 aliphatic carbocycles. The zero-order valence-electron chi connectivity index (χ0n) is 20.1. The second-order valence-electron chi connectivity index (χ2n) is 8.36. The van der Waals surface area contributed by atoms with Crippen molar-refractivity contribution in [2.45, 2.75) is 17.4 Å². The number of aliphatic carboxylic acids is 1. The summed E-state index contributed by atoms with van der Waals surface area (Å²) in [4.78, 5) is 27.8. The van der Waals surface area contributed by atoms with E-state index in [1.165, 1.54) is 18.2 Å². The number of rotatable bonds is 9. The minimum Gasteiger partial charge on any atom is -0.480 e. The lowest BCUT2D eigenvalue weighted by atomic mass is 10.0. The molecule has 1 heterocycles. The fourth-order valence-electron chi connectivity index (χ4n) is 3.70. The number of halogens is 2. The highest BCUT2D eigenvalue weighted by Gasteiger charge is 2.28. The van der Waals surface area contributed by atoms with E-state index in [-0.39, 0.29) is 21.4 Å². The van der Waals surface area contributed by atoms with Gasteiger partial charge in [0.1, 0.15) is 10.9 Å². The Labute approximate surface area is 234 Å². The molecule has 1 atom stereocenters. The van der Waals surface area contributed by atoms with Crippen LogP contribution in [0.4, 0.5) is 16.2 Å². The van der Waals surface area contributed by atoms with E-state index in [0.717, 1.165) is 11.1 Å². The highest BCUT2D eigenvalue weighted by molar-refractivity contribution is 7.89. The quantitative estimate of drug-likeness (QED) is 0.200. The Morgan fingerprint density at radius 1 is 0.846 bits per heavy atom. The summed E-state index contributed by atoms with van der Waals surface area (Å²) in [6.45, 7) is 0. The standard InChI is InChI=1S/C27H22Cl2N4O5S/c28-22-5-2-6-24(25(22)29)39(37,38)33-23(26(34)35)15-17-7-9-18(10-8-17)19-3-1-4-21(16-19)32-27(36)31-20-11-13-30-14-12-20/h1-14,16,23,33H,15H2,(H,34,35)(H2,30,31,32,36). The second-order valence-corrected chi connectivity index (χ2v) is 10.8. The summed E-state index contributed by atoms with van der Waals surface area (Å²) < 4.78 is 27.8. The van der Waals surface area contributed by atoms with E-state index in [4.69, 9.17) is 23.2 Å². The molecule has 0 spiro atoms. The van der Waals surface area contributed by atoms with Gasteiger partial charge in [-0.3, -0.25) is 9.78 Å². The molecule has 0 aliphatic rings. The molecule has 0 bridgehead atoms. The van der Waals surface area contributed by atoms with Crippen LogP contribution >= 0.6 is 23.2 Å². The number of carboxylic acid groups (broad SMARTS) is 1. The van der Waals surface area contributed by atoms with Gasteiger partial charge in [-0.15, -0.1) is 0 Å². The molecule has 2 amide bonds. The number of anilines is 2. The molecule has 0 aliphatic heterocycles. The Hall–Kier alpha value is -3.96. The minimum atomic E-state index is -4.25. The molecule has 12 heteroatoms. The van der Waals surface area contributed by atoms with Crippen molar-refractivity contribution in [2.75, 3.05) is 10.6 Å². The largest absolute Gasteiger partial charge is 0.480 e. The van der Waals surface area contributed by atoms with Crippen LogP contribution < -0.4 is 15.4 Å². The Balaban J connectivity index is 1.44. The summed E-state index contributed by atoms with van der Waals surface area (Å²) >= 11 is 11.9. The Morgan fingerprint density at radius 2 is 1.51 bits per heavy atom. The van der Waals surface area contributed by atoms with E-state index in [0.29, 0.717) is 16.9 Å². The number of nitrogens with one attached hydrogen (secondary N) is 3. The van der Waals surface area contributed by atoms with Gasteiger partial charge in [0, 0.05) is 23.8 Å². The van der Waals surface area contributed by atoms with Crippen LogP contribution in [-0.2, 0) is 21.2 Å². The third kappa shape index (κ3) is 7.33. The monoisotopic (exact) mass is 584 g/mol. The number of aromatic nitrogens is 1. The van der Waals surface area contributed by atoms with Crippen LogP contribution in [0.2, 0.25) is 10.0 Å². The molecule has 0 fully saturated rings. The summed E-state index contributed by atoms with van der Waals surface area (Å²) in [6.07, 6.45) is 3.04. The van der Waals surface area contributed by atoms with Crippen molar-refractivity contribution < 1.29 is 23.1 Å². The molecule has 9 nitrogen and oxygen atoms in total. The second kappa shape index (κ2) is 12.3. The summed E-state index contributed by atoms with van der Waals surface area (Å²) in [6, 6.07) is 19.8. The smallest absolute Gasteiger partial charge is 0.323 e. The van der Waals surface area contributed by atoms with Gasteiger partial charge >= 0.3 is 12.0 Å². The first kappa shape index (κ1) is 28.1. The van der Waals surface area contributed by atoms with Gasteiger partial charge in [0.2, 0.25) is 10.0 Å². The molecular weight excluding hydrogens is 563 g/mol. The molecule has 1 unspecified atom stereocenters. The molecule has 1 aromatic heterocycles. The molecule has 4 aromatic rings. The molecule has 39 heavy (non-hydrogen) atoms. The topological polar surface area (TPSA) is 137 Å². The van der Waals surface area contributed by atoms with Gasteiger partial charge in [0.25, 0.3) is 0 Å². The van der Waals surface area contributed by atoms with Crippen LogP contribution in [0, 0.1) is 0 Å². The molecule has 0 saturated carbocycles. The van der Waals surface area contributed by atoms with Crippen molar-refractivity contribution in [2.24, 2.45) is 0 Å². The zero-order chi connectivity index (χ0) is 28.0. The number of urea groups is 1. The van der Waals surface area contributed by atoms with Gasteiger partial charge in [-0.25, -0.2) is 13.2 Å². The summed E-state index contributed by atoms with van der Waals surface area (Å²) in [7, 11) is -4.25. The van der Waals surface area contributed by atoms with Gasteiger partial charge < -0.3 is 15.7 Å². The number of nitrogens with zero attached hydrogens (tertiary/aromatic N) is 1. The van der Waals surface area contributed by atoms with E-state index < -0.39 is 28.1 Å². The molecule has 0 saturated heterocycles. The molecular formula is C27H22Cl2N4O5S. The average Bonchev–Trinajstić information content (AvgIpc) is 2.90. The maximum atomic E-state index is 12.8. The van der Waals surface area contributed by atoms with Crippen molar-refractivity contribution in [3.8, 4) is 11.1 Å². The maximum Gasteiger partial charge on any atom is 0.323 e. The first-order valence-electron chi connectivity index (χ1n) is 11.5. The van der Waals surface area contributed by atoms with Crippen LogP contribution in [0.5, 0.6) is 0 Å². The molecule has 0 radical (unpaired) electrons. The highest BCUT2D eigenvalue weighted by Crippen LogP contribution is 2.29. The first-order valence-corrected chi connectivity index (χ1v) is 13.7. The fraction of sp³-hybridized carbons (Fsp3) is 0.0741. The Kier molecular flexibility index (Phi) is 8.82. The van der Waals surface area contributed by atoms with Crippen LogP contribution in [0.15, 0.2) is 96.2 Å². The maximum absolute atomic E-state index is 12.8. The highest BCUT2D eigenvalue weighted by atomic mass is 35.5. The predicted molar refractivity (Wildman–Crippen MR) is 151 cm³/mol. The summed E-state index contributed by atoms with van der Waals surface area (Å²) in [5.41, 5.74) is 3.40. The van der Waals surface area contributed by atoms with Crippen LogP contribution in [0.3, 0.4) is 0 Å². The van der Waals surface area contributed by atoms with Gasteiger partial charge in [-0.2, -0.15) is 4.72 Å². The fourth-order valence-corrected chi connectivity index (χ4v) is 5.65. The van der Waals surface area contributed by atoms with E-state index in [1.54, 1.807) is 67.0 Å². The van der Waals surface area contributed by atoms with Gasteiger partial charge in [-0.1, -0.05) is 65.7 Å². The van der Waals surface area contributed by atoms with E-state index in [1.807, 2.05) is 6.07 Å². The molecule has 4 N–H and O–H groups in total. The van der Waals surface area contributed by atoms with Crippen molar-refractivity contribution >= 4 is 56.6 Å². The molecule has 3 aromatic carbocycles. The van der Waals surface area contributed by atoms with Gasteiger partial charge in [0.15, 0.2) is 0 Å². The van der Waals surface area contributed by atoms with Crippen molar-refractivity contribution in [3.05, 3.63) is 107 Å². The summed E-state index contributed by atoms with van der Waals surface area (Å²) in [5, 5.41) is 15.0. The number of hydrogen-bond donors (Lipinski definition) is 4. The summed E-state index contributed by atoms with van der Waals surface area (Å²) in [5.74, 6) is -1.34. The number of carbonyl (C=O) groups is 2. The van der Waals surface area contributed by atoms with Crippen molar-refractivity contribution in [1.82, 2.24) is 9.71 Å². The Bertz CT molecular complexity index is 1600. The van der Waals surface area contributed by atoms with Crippen LogP contribution in [0.25, 0.3) is 11.1 Å². The zero-order valence-corrected chi connectivity index (χ0v) is 22.5. The normalized spacial score (nSPS) is 11.9. The molecule has 200 valence electrons. The van der Waals surface area contributed by atoms with E-state index in [9.17, 15) is 23.1 Å². The van der Waals surface area contributed by atoms with E-state index in [2.05, 4.69) is 20.3 Å². The first-order chi connectivity index (χ1) is 18.6. The Morgan fingerprint density at radius 3 is 2.21 bits per heavy atom. The SMILES string of the molecule is O=C(Nc1ccncc1)Nc1cccc(-c2ccc(CC(NS(=O)(=O)c3cccc(Cl)c3Cl)C(=O)O)cc2)c1.